The van der Waals surface area contributed by atoms with Crippen LogP contribution < -0.4 is 4.90 Å². The minimum absolute atomic E-state index is 0.172. The Hall–Kier alpha value is -2.15. The Morgan fingerprint density at radius 3 is 2.90 bits per heavy atom. The van der Waals surface area contributed by atoms with Crippen molar-refractivity contribution in [2.45, 2.75) is 26.7 Å². The van der Waals surface area contributed by atoms with Crippen molar-refractivity contribution in [3.63, 3.8) is 0 Å². The van der Waals surface area contributed by atoms with E-state index in [1.807, 2.05) is 37.3 Å². The van der Waals surface area contributed by atoms with Crippen LogP contribution in [0.25, 0.3) is 0 Å². The summed E-state index contributed by atoms with van der Waals surface area (Å²) < 4.78 is 0. The second-order valence-electron chi connectivity index (χ2n) is 5.28. The lowest BCUT2D eigenvalue weighted by molar-refractivity contribution is -0.135. The first-order valence-electron chi connectivity index (χ1n) is 6.86. The Morgan fingerprint density at radius 1 is 1.50 bits per heavy atom. The van der Waals surface area contributed by atoms with Crippen LogP contribution in [0, 0.1) is 30.1 Å². The molecular weight excluding hydrogens is 252 g/mol. The van der Waals surface area contributed by atoms with Gasteiger partial charge in [-0.25, -0.2) is 0 Å². The van der Waals surface area contributed by atoms with Crippen LogP contribution in [-0.2, 0) is 9.59 Å². The van der Waals surface area contributed by atoms with Crippen molar-refractivity contribution in [2.75, 3.05) is 11.4 Å². The molecule has 20 heavy (non-hydrogen) atoms. The van der Waals surface area contributed by atoms with Gasteiger partial charge in [0.1, 0.15) is 5.92 Å². The number of rotatable bonds is 3. The molecule has 4 nitrogen and oxygen atoms in total. The van der Waals surface area contributed by atoms with Gasteiger partial charge >= 0.3 is 0 Å². The Morgan fingerprint density at radius 2 is 2.25 bits per heavy atom. The molecule has 1 aliphatic rings. The summed E-state index contributed by atoms with van der Waals surface area (Å²) in [5.41, 5.74) is 1.91. The number of carbonyl (C=O) groups is 2. The smallest absolute Gasteiger partial charge is 0.237 e. The van der Waals surface area contributed by atoms with Crippen LogP contribution >= 0.6 is 0 Å². The van der Waals surface area contributed by atoms with Gasteiger partial charge in [-0.2, -0.15) is 5.26 Å². The van der Waals surface area contributed by atoms with E-state index in [-0.39, 0.29) is 11.7 Å². The summed E-state index contributed by atoms with van der Waals surface area (Å²) in [6.07, 6.45) is 1.33. The van der Waals surface area contributed by atoms with Gasteiger partial charge in [0.25, 0.3) is 0 Å². The van der Waals surface area contributed by atoms with Crippen molar-refractivity contribution in [3.05, 3.63) is 29.8 Å². The molecule has 0 N–H and O–H groups in total. The van der Waals surface area contributed by atoms with Crippen molar-refractivity contribution in [1.82, 2.24) is 0 Å². The number of nitriles is 1. The lowest BCUT2D eigenvalue weighted by Crippen LogP contribution is -2.45. The number of anilines is 1. The Balaban J connectivity index is 2.23. The molecule has 1 amide bonds. The highest BCUT2D eigenvalue weighted by Crippen LogP contribution is 2.27. The van der Waals surface area contributed by atoms with Crippen molar-refractivity contribution in [1.29, 1.82) is 5.26 Å². The Kier molecular flexibility index (Phi) is 4.19. The molecule has 104 valence electrons. The first kappa shape index (κ1) is 14.3. The number of amides is 1. The van der Waals surface area contributed by atoms with Crippen molar-refractivity contribution in [3.8, 4) is 6.07 Å². The number of benzene rings is 1. The molecule has 2 atom stereocenters. The summed E-state index contributed by atoms with van der Waals surface area (Å²) in [6.45, 7) is 4.16. The van der Waals surface area contributed by atoms with Crippen molar-refractivity contribution >= 4 is 17.4 Å². The van der Waals surface area contributed by atoms with E-state index in [0.29, 0.717) is 13.0 Å². The van der Waals surface area contributed by atoms with Gasteiger partial charge in [-0.3, -0.25) is 9.59 Å². The van der Waals surface area contributed by atoms with Crippen LogP contribution in [0.4, 0.5) is 5.69 Å². The van der Waals surface area contributed by atoms with Gasteiger partial charge in [-0.05, 0) is 44.4 Å². The molecule has 0 saturated carbocycles. The molecule has 0 aromatic heterocycles. The van der Waals surface area contributed by atoms with Gasteiger partial charge in [0.05, 0.1) is 12.0 Å². The maximum Gasteiger partial charge on any atom is 0.237 e. The highest BCUT2D eigenvalue weighted by Gasteiger charge is 2.36. The fourth-order valence-corrected chi connectivity index (χ4v) is 2.56. The monoisotopic (exact) mass is 270 g/mol. The third-order valence-corrected chi connectivity index (χ3v) is 3.72. The Labute approximate surface area is 119 Å². The molecule has 1 fully saturated rings. The number of carbonyl (C=O) groups excluding carboxylic acids is 2. The first-order valence-corrected chi connectivity index (χ1v) is 6.86. The van der Waals surface area contributed by atoms with E-state index in [1.165, 1.54) is 0 Å². The predicted octanol–water partition coefficient (Wildman–Crippen LogP) is 2.47. The zero-order chi connectivity index (χ0) is 14.7. The van der Waals surface area contributed by atoms with Crippen LogP contribution in [-0.4, -0.2) is 18.2 Å². The molecule has 0 spiro atoms. The number of Topliss-reactive ketones (excluding diaryl/α,β-unsaturated/α-hetero) is 1. The van der Waals surface area contributed by atoms with E-state index < -0.39 is 11.8 Å². The average molecular weight is 270 g/mol. The van der Waals surface area contributed by atoms with E-state index in [9.17, 15) is 9.59 Å². The van der Waals surface area contributed by atoms with Gasteiger partial charge < -0.3 is 4.90 Å². The average Bonchev–Trinajstić information content (AvgIpc) is 2.46. The maximum absolute atomic E-state index is 12.5. The largest absolute Gasteiger partial charge is 0.312 e. The minimum atomic E-state index is -0.721. The molecule has 1 aromatic carbocycles. The highest BCUT2D eigenvalue weighted by molar-refractivity contribution is 6.10. The summed E-state index contributed by atoms with van der Waals surface area (Å²) in [5, 5.41) is 8.85. The molecule has 1 heterocycles. The Bertz CT molecular complexity index is 574. The number of hydrogen-bond donors (Lipinski definition) is 0. The van der Waals surface area contributed by atoms with Gasteiger partial charge in [-0.1, -0.05) is 12.1 Å². The zero-order valence-electron chi connectivity index (χ0n) is 11.8. The quantitative estimate of drug-likeness (QED) is 0.793. The first-order chi connectivity index (χ1) is 9.54. The lowest BCUT2D eigenvalue weighted by Gasteiger charge is -2.32. The van der Waals surface area contributed by atoms with Gasteiger partial charge in [0.15, 0.2) is 5.78 Å². The molecule has 2 rings (SSSR count). The SMILES string of the molecule is Cc1cccc(N2CCC[C@H](C(=O)[C@@H](C)C#N)C2=O)c1. The number of nitrogens with zero attached hydrogens (tertiary/aromatic N) is 2. The molecule has 1 saturated heterocycles. The van der Waals surface area contributed by atoms with Gasteiger partial charge in [0, 0.05) is 12.2 Å². The molecule has 0 aliphatic carbocycles. The van der Waals surface area contributed by atoms with Gasteiger partial charge in [0.2, 0.25) is 5.91 Å². The topological polar surface area (TPSA) is 61.2 Å². The van der Waals surface area contributed by atoms with E-state index in [2.05, 4.69) is 0 Å². The van der Waals surface area contributed by atoms with E-state index in [1.54, 1.807) is 11.8 Å². The minimum Gasteiger partial charge on any atom is -0.312 e. The second kappa shape index (κ2) is 5.87. The third kappa shape index (κ3) is 2.72. The van der Waals surface area contributed by atoms with E-state index in [4.69, 9.17) is 5.26 Å². The second-order valence-corrected chi connectivity index (χ2v) is 5.28. The van der Waals surface area contributed by atoms with Gasteiger partial charge in [-0.15, -0.1) is 0 Å². The predicted molar refractivity (Wildman–Crippen MR) is 76.0 cm³/mol. The maximum atomic E-state index is 12.5. The van der Waals surface area contributed by atoms with Crippen LogP contribution in [0.15, 0.2) is 24.3 Å². The van der Waals surface area contributed by atoms with Crippen molar-refractivity contribution in [2.24, 2.45) is 11.8 Å². The summed E-state index contributed by atoms with van der Waals surface area (Å²) in [7, 11) is 0. The fraction of sp³-hybridized carbons (Fsp3) is 0.438. The fourth-order valence-electron chi connectivity index (χ4n) is 2.56. The summed E-state index contributed by atoms with van der Waals surface area (Å²) in [5.74, 6) is -1.82. The standard InChI is InChI=1S/C16H18N2O2/c1-11-5-3-6-13(9-11)18-8-4-7-14(16(18)20)15(19)12(2)10-17/h3,5-6,9,12,14H,4,7-8H2,1-2H3/t12-,14+/m0/s1. The molecule has 0 unspecified atom stereocenters. The van der Waals surface area contributed by atoms with Crippen LogP contribution in [0.2, 0.25) is 0 Å². The molecule has 0 bridgehead atoms. The number of piperidine rings is 1. The van der Waals surface area contributed by atoms with Crippen molar-refractivity contribution < 1.29 is 9.59 Å². The number of ketones is 1. The molecule has 1 aromatic rings. The van der Waals surface area contributed by atoms with Crippen LogP contribution in [0.5, 0.6) is 0 Å². The summed E-state index contributed by atoms with van der Waals surface area (Å²) >= 11 is 0. The third-order valence-electron chi connectivity index (χ3n) is 3.72. The molecule has 4 heteroatoms. The van der Waals surface area contributed by atoms with E-state index >= 15 is 0 Å². The molecular formula is C16H18N2O2. The molecule has 1 aliphatic heterocycles. The van der Waals surface area contributed by atoms with Crippen LogP contribution in [0.1, 0.15) is 25.3 Å². The molecule has 0 radical (unpaired) electrons. The zero-order valence-corrected chi connectivity index (χ0v) is 11.8. The lowest BCUT2D eigenvalue weighted by atomic mass is 9.87. The summed E-state index contributed by atoms with van der Waals surface area (Å²) in [4.78, 5) is 26.3. The number of aryl methyl sites for hydroxylation is 1. The number of hydrogen-bond acceptors (Lipinski definition) is 3. The summed E-state index contributed by atoms with van der Waals surface area (Å²) in [6, 6.07) is 9.62. The van der Waals surface area contributed by atoms with E-state index in [0.717, 1.165) is 17.7 Å². The van der Waals surface area contributed by atoms with Crippen LogP contribution in [0.3, 0.4) is 0 Å². The highest BCUT2D eigenvalue weighted by atomic mass is 16.2. The normalized spacial score (nSPS) is 20.4.